The molecule has 3 rings (SSSR count). The number of anilines is 1. The second-order valence-electron chi connectivity index (χ2n) is 6.41. The molecule has 0 saturated carbocycles. The van der Waals surface area contributed by atoms with Gasteiger partial charge in [0.25, 0.3) is 5.91 Å². The second-order valence-corrected chi connectivity index (χ2v) is 7.67. The standard InChI is InChI=1S/C23H21BrN2O3S/c1-16-10-11-17(14-21(16)24)22(27)26-23(30)25-18-6-5-9-20(15-18)29-13-12-28-19-7-3-2-4-8-19/h2-11,14-15H,12-13H2,1H3,(H2,25,26,27,30). The number of nitrogens with one attached hydrogen (secondary N) is 2. The van der Waals surface area contributed by atoms with E-state index in [0.29, 0.717) is 30.2 Å². The molecule has 0 bridgehead atoms. The summed E-state index contributed by atoms with van der Waals surface area (Å²) in [5.41, 5.74) is 2.29. The number of amides is 1. The van der Waals surface area contributed by atoms with Crippen LogP contribution in [-0.2, 0) is 0 Å². The predicted molar refractivity (Wildman–Crippen MR) is 126 cm³/mol. The van der Waals surface area contributed by atoms with E-state index in [9.17, 15) is 4.79 Å². The normalized spacial score (nSPS) is 10.2. The number of carbonyl (C=O) groups excluding carboxylic acids is 1. The first-order valence-electron chi connectivity index (χ1n) is 9.30. The van der Waals surface area contributed by atoms with Crippen molar-refractivity contribution in [3.05, 3.63) is 88.4 Å². The minimum absolute atomic E-state index is 0.209. The molecule has 2 N–H and O–H groups in total. The molecule has 7 heteroatoms. The number of para-hydroxylation sites is 1. The first-order chi connectivity index (χ1) is 14.5. The van der Waals surface area contributed by atoms with Gasteiger partial charge in [0.05, 0.1) is 0 Å². The lowest BCUT2D eigenvalue weighted by Crippen LogP contribution is -2.34. The minimum atomic E-state index is -0.279. The Morgan fingerprint density at radius 3 is 2.37 bits per heavy atom. The van der Waals surface area contributed by atoms with Crippen LogP contribution in [0, 0.1) is 6.92 Å². The van der Waals surface area contributed by atoms with Crippen LogP contribution in [0.5, 0.6) is 11.5 Å². The predicted octanol–water partition coefficient (Wildman–Crippen LogP) is 5.34. The lowest BCUT2D eigenvalue weighted by molar-refractivity contribution is 0.0977. The van der Waals surface area contributed by atoms with Gasteiger partial charge >= 0.3 is 0 Å². The molecule has 0 atom stereocenters. The Morgan fingerprint density at radius 2 is 1.63 bits per heavy atom. The Balaban J connectivity index is 1.48. The van der Waals surface area contributed by atoms with Gasteiger partial charge in [-0.15, -0.1) is 0 Å². The third-order valence-corrected chi connectivity index (χ3v) is 5.18. The number of rotatable bonds is 7. The zero-order valence-electron chi connectivity index (χ0n) is 16.4. The van der Waals surface area contributed by atoms with Crippen LogP contribution < -0.4 is 20.1 Å². The van der Waals surface area contributed by atoms with Crippen LogP contribution in [0.2, 0.25) is 0 Å². The Kier molecular flexibility index (Phi) is 7.82. The summed E-state index contributed by atoms with van der Waals surface area (Å²) in [6.45, 7) is 2.80. The lowest BCUT2D eigenvalue weighted by Gasteiger charge is -2.12. The van der Waals surface area contributed by atoms with Crippen LogP contribution in [-0.4, -0.2) is 24.2 Å². The van der Waals surface area contributed by atoms with Crippen LogP contribution in [0.25, 0.3) is 0 Å². The number of benzene rings is 3. The van der Waals surface area contributed by atoms with E-state index in [-0.39, 0.29) is 11.0 Å². The maximum Gasteiger partial charge on any atom is 0.257 e. The highest BCUT2D eigenvalue weighted by molar-refractivity contribution is 9.10. The third kappa shape index (κ3) is 6.57. The SMILES string of the molecule is Cc1ccc(C(=O)NC(=S)Nc2cccc(OCCOc3ccccc3)c2)cc1Br. The molecular formula is C23H21BrN2O3S. The maximum absolute atomic E-state index is 12.4. The van der Waals surface area contributed by atoms with Crippen molar-refractivity contribution in [1.82, 2.24) is 5.32 Å². The van der Waals surface area contributed by atoms with Crippen molar-refractivity contribution in [3.8, 4) is 11.5 Å². The lowest BCUT2D eigenvalue weighted by atomic mass is 10.1. The number of ether oxygens (including phenoxy) is 2. The number of carbonyl (C=O) groups is 1. The van der Waals surface area contributed by atoms with E-state index in [1.807, 2.05) is 67.6 Å². The molecule has 0 radical (unpaired) electrons. The fourth-order valence-corrected chi connectivity index (χ4v) is 3.16. The number of hydrogen-bond acceptors (Lipinski definition) is 4. The molecule has 0 unspecified atom stereocenters. The first kappa shape index (κ1) is 21.8. The zero-order valence-corrected chi connectivity index (χ0v) is 18.8. The van der Waals surface area contributed by atoms with Gasteiger partial charge in [0.2, 0.25) is 0 Å². The largest absolute Gasteiger partial charge is 0.490 e. The van der Waals surface area contributed by atoms with Gasteiger partial charge in [-0.25, -0.2) is 0 Å². The molecule has 1 amide bonds. The summed E-state index contributed by atoms with van der Waals surface area (Å²) >= 11 is 8.69. The Morgan fingerprint density at radius 1 is 0.933 bits per heavy atom. The Labute approximate surface area is 189 Å². The van der Waals surface area contributed by atoms with E-state index in [1.165, 1.54) is 0 Å². The Bertz CT molecular complexity index is 1030. The molecule has 0 aromatic heterocycles. The van der Waals surface area contributed by atoms with Gasteiger partial charge in [0.15, 0.2) is 5.11 Å². The molecule has 0 aliphatic carbocycles. The number of thiocarbonyl (C=S) groups is 1. The molecule has 3 aromatic rings. The summed E-state index contributed by atoms with van der Waals surface area (Å²) in [6, 6.07) is 22.3. The topological polar surface area (TPSA) is 59.6 Å². The summed E-state index contributed by atoms with van der Waals surface area (Å²) in [6.07, 6.45) is 0. The minimum Gasteiger partial charge on any atom is -0.490 e. The highest BCUT2D eigenvalue weighted by atomic mass is 79.9. The van der Waals surface area contributed by atoms with Crippen molar-refractivity contribution in [2.24, 2.45) is 0 Å². The number of halogens is 1. The van der Waals surface area contributed by atoms with Crippen LogP contribution in [0.15, 0.2) is 77.3 Å². The van der Waals surface area contributed by atoms with Gasteiger partial charge in [-0.2, -0.15) is 0 Å². The van der Waals surface area contributed by atoms with Gasteiger partial charge in [-0.1, -0.05) is 46.3 Å². The molecule has 3 aromatic carbocycles. The monoisotopic (exact) mass is 484 g/mol. The van der Waals surface area contributed by atoms with Gasteiger partial charge in [-0.05, 0) is 61.1 Å². The summed E-state index contributed by atoms with van der Waals surface area (Å²) in [5.74, 6) is 1.20. The third-order valence-electron chi connectivity index (χ3n) is 4.12. The van der Waals surface area contributed by atoms with Crippen molar-refractivity contribution in [2.75, 3.05) is 18.5 Å². The fourth-order valence-electron chi connectivity index (χ4n) is 2.57. The van der Waals surface area contributed by atoms with Crippen LogP contribution >= 0.6 is 28.1 Å². The van der Waals surface area contributed by atoms with E-state index >= 15 is 0 Å². The smallest absolute Gasteiger partial charge is 0.257 e. The van der Waals surface area contributed by atoms with Gasteiger partial charge in [0.1, 0.15) is 24.7 Å². The van der Waals surface area contributed by atoms with Crippen molar-refractivity contribution in [1.29, 1.82) is 0 Å². The van der Waals surface area contributed by atoms with Gasteiger partial charge < -0.3 is 14.8 Å². The van der Waals surface area contributed by atoms with Crippen molar-refractivity contribution >= 4 is 44.9 Å². The summed E-state index contributed by atoms with van der Waals surface area (Å²) in [7, 11) is 0. The molecule has 154 valence electrons. The average Bonchev–Trinajstić information content (AvgIpc) is 2.74. The molecule has 0 fully saturated rings. The zero-order chi connectivity index (χ0) is 21.3. The van der Waals surface area contributed by atoms with Crippen molar-refractivity contribution in [3.63, 3.8) is 0 Å². The molecule has 30 heavy (non-hydrogen) atoms. The molecule has 0 aliphatic rings. The van der Waals surface area contributed by atoms with Crippen molar-refractivity contribution in [2.45, 2.75) is 6.92 Å². The molecule has 0 aliphatic heterocycles. The molecule has 0 spiro atoms. The van der Waals surface area contributed by atoms with E-state index < -0.39 is 0 Å². The molecule has 0 saturated heterocycles. The van der Waals surface area contributed by atoms with E-state index in [4.69, 9.17) is 21.7 Å². The quantitative estimate of drug-likeness (QED) is 0.350. The highest BCUT2D eigenvalue weighted by Crippen LogP contribution is 2.19. The van der Waals surface area contributed by atoms with E-state index in [1.54, 1.807) is 12.1 Å². The average molecular weight is 485 g/mol. The molecular weight excluding hydrogens is 464 g/mol. The van der Waals surface area contributed by atoms with Crippen molar-refractivity contribution < 1.29 is 14.3 Å². The van der Waals surface area contributed by atoms with Gasteiger partial charge in [-0.3, -0.25) is 10.1 Å². The first-order valence-corrected chi connectivity index (χ1v) is 10.5. The van der Waals surface area contributed by atoms with E-state index in [0.717, 1.165) is 15.8 Å². The summed E-state index contributed by atoms with van der Waals surface area (Å²) in [5, 5.41) is 5.89. The van der Waals surface area contributed by atoms with E-state index in [2.05, 4.69) is 26.6 Å². The number of aryl methyl sites for hydroxylation is 1. The van der Waals surface area contributed by atoms with Gasteiger partial charge in [0, 0.05) is 21.8 Å². The maximum atomic E-state index is 12.4. The molecule has 5 nitrogen and oxygen atoms in total. The fraction of sp³-hybridized carbons (Fsp3) is 0.130. The Hall–Kier alpha value is -2.90. The second kappa shape index (κ2) is 10.8. The summed E-state index contributed by atoms with van der Waals surface area (Å²) in [4.78, 5) is 12.4. The number of hydrogen-bond donors (Lipinski definition) is 2. The molecule has 0 heterocycles. The van der Waals surface area contributed by atoms with Crippen LogP contribution in [0.4, 0.5) is 5.69 Å². The summed E-state index contributed by atoms with van der Waals surface area (Å²) < 4.78 is 12.2. The van der Waals surface area contributed by atoms with Crippen LogP contribution in [0.3, 0.4) is 0 Å². The highest BCUT2D eigenvalue weighted by Gasteiger charge is 2.09. The van der Waals surface area contributed by atoms with Crippen LogP contribution in [0.1, 0.15) is 15.9 Å².